The van der Waals surface area contributed by atoms with Crippen LogP contribution >= 0.6 is 11.3 Å². The van der Waals surface area contributed by atoms with Gasteiger partial charge in [-0.05, 0) is 73.0 Å². The summed E-state index contributed by atoms with van der Waals surface area (Å²) in [5.41, 5.74) is 3.92. The zero-order valence-corrected chi connectivity index (χ0v) is 21.1. The molecule has 2 heterocycles. The number of ether oxygens (including phenoxy) is 2. The van der Waals surface area contributed by atoms with Gasteiger partial charge in [0.2, 0.25) is 0 Å². The fourth-order valence-corrected chi connectivity index (χ4v) is 5.67. The number of aromatic nitrogens is 1. The number of hydrogen-bond donors (Lipinski definition) is 1. The normalized spacial score (nSPS) is 17.1. The van der Waals surface area contributed by atoms with Gasteiger partial charge in [-0.3, -0.25) is 14.5 Å². The topological polar surface area (TPSA) is 89.0 Å². The number of aliphatic hydroxyl groups excluding tert-OH is 1. The van der Waals surface area contributed by atoms with Crippen LogP contribution in [0.15, 0.2) is 66.2 Å². The smallest absolute Gasteiger partial charge is 0.301 e. The summed E-state index contributed by atoms with van der Waals surface area (Å²) in [7, 11) is 3.11. The molecule has 36 heavy (non-hydrogen) atoms. The first-order chi connectivity index (χ1) is 17.3. The number of methoxy groups -OCH3 is 2. The Morgan fingerprint density at radius 2 is 1.56 bits per heavy atom. The summed E-state index contributed by atoms with van der Waals surface area (Å²) in [6.07, 6.45) is 0. The van der Waals surface area contributed by atoms with Crippen LogP contribution in [-0.2, 0) is 9.59 Å². The molecule has 182 valence electrons. The molecule has 5 rings (SSSR count). The van der Waals surface area contributed by atoms with E-state index in [1.165, 1.54) is 16.2 Å². The molecule has 1 N–H and O–H groups in total. The lowest BCUT2D eigenvalue weighted by Gasteiger charge is -2.23. The van der Waals surface area contributed by atoms with Gasteiger partial charge >= 0.3 is 5.91 Å². The fraction of sp³-hybridized carbons (Fsp3) is 0.179. The Morgan fingerprint density at radius 1 is 0.944 bits per heavy atom. The summed E-state index contributed by atoms with van der Waals surface area (Å²) in [5, 5.41) is 11.7. The number of fused-ring (bicyclic) bond motifs is 1. The van der Waals surface area contributed by atoms with E-state index in [0.717, 1.165) is 21.3 Å². The van der Waals surface area contributed by atoms with Gasteiger partial charge in [0.05, 0.1) is 36.1 Å². The molecule has 1 saturated heterocycles. The molecular formula is C28H24N2O5S. The predicted octanol–water partition coefficient (Wildman–Crippen LogP) is 5.56. The van der Waals surface area contributed by atoms with Crippen LogP contribution in [0.4, 0.5) is 5.13 Å². The molecule has 1 amide bonds. The Hall–Kier alpha value is -4.17. The minimum absolute atomic E-state index is 0.00231. The third kappa shape index (κ3) is 3.89. The minimum Gasteiger partial charge on any atom is -0.507 e. The molecule has 0 radical (unpaired) electrons. The largest absolute Gasteiger partial charge is 0.507 e. The van der Waals surface area contributed by atoms with E-state index in [2.05, 4.69) is 0 Å². The van der Waals surface area contributed by atoms with E-state index >= 15 is 0 Å². The number of carbonyl (C=O) groups is 2. The highest BCUT2D eigenvalue weighted by atomic mass is 32.1. The maximum atomic E-state index is 13.4. The van der Waals surface area contributed by atoms with Crippen LogP contribution in [-0.4, -0.2) is 36.0 Å². The maximum Gasteiger partial charge on any atom is 0.301 e. The first-order valence-corrected chi connectivity index (χ1v) is 12.1. The second-order valence-corrected chi connectivity index (χ2v) is 9.60. The average molecular weight is 501 g/mol. The monoisotopic (exact) mass is 500 g/mol. The zero-order valence-electron chi connectivity index (χ0n) is 20.2. The molecule has 7 nitrogen and oxygen atoms in total. The van der Waals surface area contributed by atoms with Gasteiger partial charge in [-0.25, -0.2) is 4.98 Å². The fourth-order valence-electron chi connectivity index (χ4n) is 4.50. The Labute approximate surface area is 212 Å². The third-order valence-corrected chi connectivity index (χ3v) is 7.27. The van der Waals surface area contributed by atoms with Gasteiger partial charge < -0.3 is 14.6 Å². The van der Waals surface area contributed by atoms with E-state index in [-0.39, 0.29) is 11.3 Å². The summed E-state index contributed by atoms with van der Waals surface area (Å²) >= 11 is 1.35. The lowest BCUT2D eigenvalue weighted by Crippen LogP contribution is -2.29. The number of aliphatic hydroxyl groups is 1. The number of nitrogens with zero attached hydrogens (tertiary/aromatic N) is 2. The lowest BCUT2D eigenvalue weighted by molar-refractivity contribution is -0.132. The molecule has 0 saturated carbocycles. The molecule has 0 spiro atoms. The zero-order chi connectivity index (χ0) is 25.6. The third-order valence-electron chi connectivity index (χ3n) is 6.26. The van der Waals surface area contributed by atoms with E-state index < -0.39 is 17.7 Å². The predicted molar refractivity (Wildman–Crippen MR) is 140 cm³/mol. The number of Topliss-reactive ketones (excluding diaryl/α,β-unsaturated/α-hetero) is 1. The first-order valence-electron chi connectivity index (χ1n) is 11.3. The van der Waals surface area contributed by atoms with Crippen molar-refractivity contribution in [1.82, 2.24) is 4.98 Å². The first kappa shape index (κ1) is 23.6. The molecule has 4 aromatic rings. The van der Waals surface area contributed by atoms with Crippen molar-refractivity contribution < 1.29 is 24.2 Å². The summed E-state index contributed by atoms with van der Waals surface area (Å²) in [4.78, 5) is 33.0. The highest BCUT2D eigenvalue weighted by molar-refractivity contribution is 7.22. The van der Waals surface area contributed by atoms with E-state index in [1.807, 2.05) is 26.0 Å². The minimum atomic E-state index is -0.861. The number of ketones is 1. The van der Waals surface area contributed by atoms with E-state index in [0.29, 0.717) is 27.8 Å². The number of carbonyl (C=O) groups excluding carboxylic acids is 2. The molecule has 1 aliphatic rings. The van der Waals surface area contributed by atoms with Crippen molar-refractivity contribution in [2.45, 2.75) is 19.9 Å². The van der Waals surface area contributed by atoms with Gasteiger partial charge in [0.15, 0.2) is 5.13 Å². The van der Waals surface area contributed by atoms with Crippen LogP contribution in [0.5, 0.6) is 11.5 Å². The SMILES string of the molecule is COc1ccc(/C(O)=C2\C(=O)C(=O)N(c3nc4c(C)cc(C)cc4s3)[C@H]2c2ccc(OC)cc2)cc1. The van der Waals surface area contributed by atoms with Crippen LogP contribution < -0.4 is 14.4 Å². The number of anilines is 1. The second kappa shape index (κ2) is 9.13. The Bertz CT molecular complexity index is 1520. The Morgan fingerprint density at radius 3 is 2.17 bits per heavy atom. The van der Waals surface area contributed by atoms with Gasteiger partial charge in [-0.2, -0.15) is 0 Å². The molecule has 8 heteroatoms. The molecule has 0 aliphatic carbocycles. The average Bonchev–Trinajstić information content (AvgIpc) is 3.42. The molecule has 0 bridgehead atoms. The molecule has 3 aromatic carbocycles. The van der Waals surface area contributed by atoms with E-state index in [9.17, 15) is 14.7 Å². The molecule has 1 atom stereocenters. The number of thiazole rings is 1. The highest BCUT2D eigenvalue weighted by Crippen LogP contribution is 2.45. The van der Waals surface area contributed by atoms with Gasteiger partial charge in [0.1, 0.15) is 17.3 Å². The van der Waals surface area contributed by atoms with Crippen molar-refractivity contribution >= 4 is 44.1 Å². The molecule has 0 unspecified atom stereocenters. The van der Waals surface area contributed by atoms with Crippen molar-refractivity contribution in [3.05, 3.63) is 88.5 Å². The van der Waals surface area contributed by atoms with Gasteiger partial charge in [0, 0.05) is 5.56 Å². The summed E-state index contributed by atoms with van der Waals surface area (Å²) < 4.78 is 11.4. The number of aryl methyl sites for hydroxylation is 2. The number of amides is 1. The van der Waals surface area contributed by atoms with Crippen LogP contribution in [0.25, 0.3) is 16.0 Å². The van der Waals surface area contributed by atoms with Crippen LogP contribution in [0.3, 0.4) is 0 Å². The number of rotatable bonds is 5. The van der Waals surface area contributed by atoms with Gasteiger partial charge in [-0.15, -0.1) is 0 Å². The van der Waals surface area contributed by atoms with Crippen molar-refractivity contribution in [2.75, 3.05) is 19.1 Å². The number of benzene rings is 3. The van der Waals surface area contributed by atoms with Crippen LogP contribution in [0, 0.1) is 13.8 Å². The lowest BCUT2D eigenvalue weighted by atomic mass is 9.95. The summed E-state index contributed by atoms with van der Waals surface area (Å²) in [6.45, 7) is 3.97. The summed E-state index contributed by atoms with van der Waals surface area (Å²) in [5.74, 6) is -0.515. The van der Waals surface area contributed by atoms with Crippen molar-refractivity contribution in [2.24, 2.45) is 0 Å². The Balaban J connectivity index is 1.71. The van der Waals surface area contributed by atoms with Crippen LogP contribution in [0.2, 0.25) is 0 Å². The molecule has 1 aliphatic heterocycles. The quantitative estimate of drug-likeness (QED) is 0.219. The van der Waals surface area contributed by atoms with E-state index in [1.54, 1.807) is 62.8 Å². The molecule has 1 fully saturated rings. The number of hydrogen-bond acceptors (Lipinski definition) is 7. The van der Waals surface area contributed by atoms with Gasteiger partial charge in [0.25, 0.3) is 5.78 Å². The summed E-state index contributed by atoms with van der Waals surface area (Å²) in [6, 6.07) is 16.9. The van der Waals surface area contributed by atoms with Crippen molar-refractivity contribution in [3.63, 3.8) is 0 Å². The standard InChI is InChI=1S/C28H24N2O5S/c1-15-13-16(2)23-21(14-15)36-28(29-23)30-24(17-5-9-19(34-3)10-6-17)22(26(32)27(30)33)25(31)18-7-11-20(35-4)12-8-18/h5-14,24,31H,1-4H3/b25-22+/t24-/m0/s1. The van der Waals surface area contributed by atoms with Crippen molar-refractivity contribution in [1.29, 1.82) is 0 Å². The molecule has 1 aromatic heterocycles. The van der Waals surface area contributed by atoms with E-state index in [4.69, 9.17) is 14.5 Å². The molecular weight excluding hydrogens is 476 g/mol. The second-order valence-electron chi connectivity index (χ2n) is 8.60. The highest BCUT2D eigenvalue weighted by Gasteiger charge is 2.48. The van der Waals surface area contributed by atoms with Crippen LogP contribution in [0.1, 0.15) is 28.3 Å². The van der Waals surface area contributed by atoms with Gasteiger partial charge in [-0.1, -0.05) is 29.5 Å². The van der Waals surface area contributed by atoms with Crippen molar-refractivity contribution in [3.8, 4) is 11.5 Å². The maximum absolute atomic E-state index is 13.4. The Kier molecular flexibility index (Phi) is 5.97.